The number of furan rings is 1. The van der Waals surface area contributed by atoms with Crippen molar-refractivity contribution in [3.63, 3.8) is 0 Å². The zero-order chi connectivity index (χ0) is 17.8. The van der Waals surface area contributed by atoms with E-state index in [1.54, 1.807) is 6.07 Å². The first-order valence-electron chi connectivity index (χ1n) is 8.07. The molecular formula is C19H21N3O3. The highest BCUT2D eigenvalue weighted by atomic mass is 16.5. The monoisotopic (exact) mass is 339 g/mol. The summed E-state index contributed by atoms with van der Waals surface area (Å²) in [5.41, 5.74) is 1.14. The third-order valence-corrected chi connectivity index (χ3v) is 3.97. The Morgan fingerprint density at radius 2 is 1.96 bits per heavy atom. The number of carbonyl (C=O) groups excluding carboxylic acids is 1. The quantitative estimate of drug-likeness (QED) is 0.746. The van der Waals surface area contributed by atoms with Crippen molar-refractivity contribution in [3.8, 4) is 11.3 Å². The average Bonchev–Trinajstić information content (AvgIpc) is 3.25. The zero-order valence-corrected chi connectivity index (χ0v) is 14.5. The van der Waals surface area contributed by atoms with E-state index in [9.17, 15) is 4.79 Å². The maximum Gasteiger partial charge on any atom is 0.273 e. The van der Waals surface area contributed by atoms with Gasteiger partial charge in [-0.3, -0.25) is 9.69 Å². The van der Waals surface area contributed by atoms with Crippen LogP contribution in [0, 0.1) is 6.92 Å². The third-order valence-electron chi connectivity index (χ3n) is 3.97. The van der Waals surface area contributed by atoms with Gasteiger partial charge in [0.25, 0.3) is 5.91 Å². The lowest BCUT2D eigenvalue weighted by Crippen LogP contribution is -2.34. The maximum atomic E-state index is 12.4. The van der Waals surface area contributed by atoms with E-state index in [1.807, 2.05) is 68.4 Å². The van der Waals surface area contributed by atoms with Crippen molar-refractivity contribution in [2.75, 3.05) is 20.6 Å². The first-order chi connectivity index (χ1) is 12.0. The predicted molar refractivity (Wildman–Crippen MR) is 94.1 cm³/mol. The van der Waals surface area contributed by atoms with E-state index >= 15 is 0 Å². The Morgan fingerprint density at radius 1 is 1.20 bits per heavy atom. The molecule has 1 amide bonds. The first kappa shape index (κ1) is 17.0. The number of hydrogen-bond donors (Lipinski definition) is 1. The molecule has 6 heteroatoms. The molecule has 0 bridgehead atoms. The number of hydrogen-bond acceptors (Lipinski definition) is 5. The van der Waals surface area contributed by atoms with Crippen LogP contribution in [0.15, 0.2) is 57.5 Å². The first-order valence-corrected chi connectivity index (χ1v) is 8.07. The van der Waals surface area contributed by atoms with Gasteiger partial charge in [-0.15, -0.1) is 0 Å². The van der Waals surface area contributed by atoms with Crippen LogP contribution in [0.25, 0.3) is 11.3 Å². The van der Waals surface area contributed by atoms with E-state index in [2.05, 4.69) is 10.5 Å². The van der Waals surface area contributed by atoms with Gasteiger partial charge in [-0.05, 0) is 33.2 Å². The minimum atomic E-state index is -0.277. The highest BCUT2D eigenvalue weighted by Gasteiger charge is 2.20. The summed E-state index contributed by atoms with van der Waals surface area (Å²) in [6.07, 6.45) is 0. The molecule has 0 aliphatic carbocycles. The van der Waals surface area contributed by atoms with E-state index < -0.39 is 0 Å². The highest BCUT2D eigenvalue weighted by Crippen LogP contribution is 2.21. The van der Waals surface area contributed by atoms with Gasteiger partial charge in [-0.2, -0.15) is 0 Å². The van der Waals surface area contributed by atoms with Gasteiger partial charge in [0.05, 0.1) is 6.04 Å². The van der Waals surface area contributed by atoms with Crippen molar-refractivity contribution in [2.45, 2.75) is 13.0 Å². The molecule has 0 unspecified atom stereocenters. The molecule has 0 fully saturated rings. The number of likely N-dealkylation sites (N-methyl/N-ethyl adjacent to an activating group) is 1. The van der Waals surface area contributed by atoms with Crippen molar-refractivity contribution in [1.82, 2.24) is 15.4 Å². The second kappa shape index (κ2) is 7.36. The fourth-order valence-corrected chi connectivity index (χ4v) is 2.57. The minimum absolute atomic E-state index is 0.0573. The molecule has 2 aromatic heterocycles. The number of amides is 1. The van der Waals surface area contributed by atoms with Crippen LogP contribution in [-0.2, 0) is 0 Å². The Hall–Kier alpha value is -2.86. The summed E-state index contributed by atoms with van der Waals surface area (Å²) < 4.78 is 11.0. The predicted octanol–water partition coefficient (Wildman–Crippen LogP) is 3.28. The molecule has 0 radical (unpaired) electrons. The lowest BCUT2D eigenvalue weighted by molar-refractivity contribution is 0.0930. The summed E-state index contributed by atoms with van der Waals surface area (Å²) in [5.74, 6) is 1.95. The van der Waals surface area contributed by atoms with Crippen LogP contribution in [0.2, 0.25) is 0 Å². The van der Waals surface area contributed by atoms with Gasteiger partial charge in [-0.1, -0.05) is 35.5 Å². The van der Waals surface area contributed by atoms with Crippen molar-refractivity contribution >= 4 is 5.91 Å². The number of nitrogens with zero attached hydrogens (tertiary/aromatic N) is 2. The minimum Gasteiger partial charge on any atom is -0.465 e. The number of rotatable bonds is 6. The number of carbonyl (C=O) groups is 1. The van der Waals surface area contributed by atoms with Gasteiger partial charge in [0.1, 0.15) is 11.5 Å². The number of benzene rings is 1. The van der Waals surface area contributed by atoms with Gasteiger partial charge >= 0.3 is 0 Å². The van der Waals surface area contributed by atoms with Crippen LogP contribution in [0.4, 0.5) is 0 Å². The van der Waals surface area contributed by atoms with E-state index in [0.717, 1.165) is 17.1 Å². The van der Waals surface area contributed by atoms with Crippen LogP contribution in [0.1, 0.15) is 28.1 Å². The lowest BCUT2D eigenvalue weighted by atomic mass is 10.1. The zero-order valence-electron chi connectivity index (χ0n) is 14.5. The normalized spacial score (nSPS) is 12.3. The molecule has 1 atom stereocenters. The van der Waals surface area contributed by atoms with Gasteiger partial charge in [0.15, 0.2) is 11.5 Å². The Balaban J connectivity index is 1.67. The molecule has 3 aromatic rings. The second-order valence-electron chi connectivity index (χ2n) is 6.08. The molecule has 3 rings (SSSR count). The second-order valence-corrected chi connectivity index (χ2v) is 6.08. The van der Waals surface area contributed by atoms with Crippen LogP contribution in [0.5, 0.6) is 0 Å². The Morgan fingerprint density at radius 3 is 2.60 bits per heavy atom. The molecule has 0 saturated heterocycles. The summed E-state index contributed by atoms with van der Waals surface area (Å²) in [5, 5.41) is 6.76. The van der Waals surface area contributed by atoms with Gasteiger partial charge < -0.3 is 14.3 Å². The fourth-order valence-electron chi connectivity index (χ4n) is 2.57. The highest BCUT2D eigenvalue weighted by molar-refractivity contribution is 5.93. The molecule has 25 heavy (non-hydrogen) atoms. The SMILES string of the molecule is Cc1ccc([C@H](CNC(=O)c2cc(-c3ccccc3)on2)N(C)C)o1. The van der Waals surface area contributed by atoms with Crippen molar-refractivity contribution in [1.29, 1.82) is 0 Å². The summed E-state index contributed by atoms with van der Waals surface area (Å²) in [7, 11) is 3.89. The molecule has 6 nitrogen and oxygen atoms in total. The molecule has 1 aromatic carbocycles. The van der Waals surface area contributed by atoms with Crippen molar-refractivity contribution in [3.05, 3.63) is 65.7 Å². The lowest BCUT2D eigenvalue weighted by Gasteiger charge is -2.22. The Kier molecular flexibility index (Phi) is 5.00. The molecular weight excluding hydrogens is 318 g/mol. The smallest absolute Gasteiger partial charge is 0.273 e. The van der Waals surface area contributed by atoms with Crippen LogP contribution in [0.3, 0.4) is 0 Å². The molecule has 0 spiro atoms. The molecule has 130 valence electrons. The van der Waals surface area contributed by atoms with E-state index in [4.69, 9.17) is 8.94 Å². The topological polar surface area (TPSA) is 71.5 Å². The maximum absolute atomic E-state index is 12.4. The number of aryl methyl sites for hydroxylation is 1. The third kappa shape index (κ3) is 3.97. The van der Waals surface area contributed by atoms with E-state index in [1.165, 1.54) is 0 Å². The molecule has 2 heterocycles. The summed E-state index contributed by atoms with van der Waals surface area (Å²) in [6, 6.07) is 15.0. The van der Waals surface area contributed by atoms with E-state index in [-0.39, 0.29) is 17.6 Å². The summed E-state index contributed by atoms with van der Waals surface area (Å²) >= 11 is 0. The standard InChI is InChI=1S/C19H21N3O3/c1-13-9-10-17(24-13)16(22(2)3)12-20-19(23)15-11-18(25-21-15)14-7-5-4-6-8-14/h4-11,16H,12H2,1-3H3,(H,20,23)/t16-/m0/s1. The summed E-state index contributed by atoms with van der Waals surface area (Å²) in [4.78, 5) is 14.4. The van der Waals surface area contributed by atoms with Crippen LogP contribution < -0.4 is 5.32 Å². The van der Waals surface area contributed by atoms with Gasteiger partial charge in [0, 0.05) is 18.2 Å². The Bertz CT molecular complexity index is 836. The van der Waals surface area contributed by atoms with Gasteiger partial charge in [-0.25, -0.2) is 0 Å². The van der Waals surface area contributed by atoms with Crippen LogP contribution >= 0.6 is 0 Å². The molecule has 0 saturated carbocycles. The number of nitrogens with one attached hydrogen (secondary N) is 1. The van der Waals surface area contributed by atoms with Crippen LogP contribution in [-0.4, -0.2) is 36.6 Å². The summed E-state index contributed by atoms with van der Waals surface area (Å²) in [6.45, 7) is 2.31. The number of aromatic nitrogens is 1. The van der Waals surface area contributed by atoms with E-state index in [0.29, 0.717) is 12.3 Å². The van der Waals surface area contributed by atoms with Crippen molar-refractivity contribution in [2.24, 2.45) is 0 Å². The average molecular weight is 339 g/mol. The molecule has 0 aliphatic rings. The fraction of sp³-hybridized carbons (Fsp3) is 0.263. The van der Waals surface area contributed by atoms with Gasteiger partial charge in [0.2, 0.25) is 0 Å². The largest absolute Gasteiger partial charge is 0.465 e. The molecule has 1 N–H and O–H groups in total. The van der Waals surface area contributed by atoms with Crippen molar-refractivity contribution < 1.29 is 13.7 Å². The molecule has 0 aliphatic heterocycles. The Labute approximate surface area is 146 Å².